The van der Waals surface area contributed by atoms with Crippen LogP contribution in [0.3, 0.4) is 0 Å². The number of rotatable bonds is 6. The molecule has 0 aliphatic heterocycles. The molecule has 0 spiro atoms. The fraction of sp³-hybridized carbons (Fsp3) is 0.231. The van der Waals surface area contributed by atoms with E-state index in [1.807, 2.05) is 0 Å². The number of carboxylic acids is 1. The molecular formula is C13H14KNO4. The van der Waals surface area contributed by atoms with E-state index in [1.165, 1.54) is 7.11 Å². The second-order valence-electron chi connectivity index (χ2n) is 3.66. The van der Waals surface area contributed by atoms with Gasteiger partial charge in [-0.3, -0.25) is 4.79 Å². The molecule has 1 aromatic rings. The molecule has 0 heterocycles. The summed E-state index contributed by atoms with van der Waals surface area (Å²) in [6.45, 7) is 3.59. The molecule has 1 aromatic carbocycles. The molecule has 0 saturated heterocycles. The third-order valence-electron chi connectivity index (χ3n) is 2.30. The number of ether oxygens (including phenoxy) is 1. The van der Waals surface area contributed by atoms with Crippen molar-refractivity contribution in [2.24, 2.45) is 0 Å². The fourth-order valence-corrected chi connectivity index (χ4v) is 1.43. The summed E-state index contributed by atoms with van der Waals surface area (Å²) in [5.41, 5.74) is 0.795. The molecule has 0 amide bonds. The van der Waals surface area contributed by atoms with Crippen molar-refractivity contribution in [2.45, 2.75) is 12.5 Å². The van der Waals surface area contributed by atoms with E-state index < -0.39 is 18.0 Å². The maximum atomic E-state index is 11.1. The summed E-state index contributed by atoms with van der Waals surface area (Å²) in [6.07, 6.45) is -0.0902. The van der Waals surface area contributed by atoms with Crippen molar-refractivity contribution in [3.8, 4) is 0 Å². The van der Waals surface area contributed by atoms with Crippen LogP contribution in [0, 0.1) is 0 Å². The number of carbonyl (C=O) groups is 2. The van der Waals surface area contributed by atoms with Gasteiger partial charge in [0.25, 0.3) is 0 Å². The van der Waals surface area contributed by atoms with E-state index in [-0.39, 0.29) is 63.5 Å². The summed E-state index contributed by atoms with van der Waals surface area (Å²) in [5.74, 6) is -1.77. The second-order valence-corrected chi connectivity index (χ2v) is 3.66. The third-order valence-corrected chi connectivity index (χ3v) is 2.30. The summed E-state index contributed by atoms with van der Waals surface area (Å²) in [5, 5.41) is 13.7. The Hall–Kier alpha value is -0.664. The first-order chi connectivity index (χ1) is 8.54. The molecule has 0 fully saturated rings. The molecule has 0 aliphatic carbocycles. The molecule has 6 heteroatoms. The van der Waals surface area contributed by atoms with Crippen LogP contribution in [0.15, 0.2) is 42.6 Å². The van der Waals surface area contributed by atoms with E-state index in [9.17, 15) is 14.7 Å². The Morgan fingerprint density at radius 3 is 2.42 bits per heavy atom. The van der Waals surface area contributed by atoms with E-state index in [0.717, 1.165) is 0 Å². The largest absolute Gasteiger partial charge is 1.00 e. The minimum absolute atomic E-state index is 0. The van der Waals surface area contributed by atoms with Crippen molar-refractivity contribution >= 4 is 11.9 Å². The molecule has 0 saturated carbocycles. The number of benzene rings is 1. The van der Waals surface area contributed by atoms with Gasteiger partial charge in [0.15, 0.2) is 0 Å². The van der Waals surface area contributed by atoms with Crippen LogP contribution in [-0.2, 0) is 14.3 Å². The van der Waals surface area contributed by atoms with Crippen molar-refractivity contribution in [1.82, 2.24) is 5.32 Å². The van der Waals surface area contributed by atoms with Crippen LogP contribution in [-0.4, -0.2) is 19.0 Å². The Morgan fingerprint density at radius 2 is 1.95 bits per heavy atom. The van der Waals surface area contributed by atoms with Gasteiger partial charge in [-0.05, 0) is 5.56 Å². The smallest absolute Gasteiger partial charge is 0.548 e. The van der Waals surface area contributed by atoms with Crippen molar-refractivity contribution < 1.29 is 70.8 Å². The molecule has 1 N–H and O–H groups in total. The molecule has 1 atom stereocenters. The zero-order valence-electron chi connectivity index (χ0n) is 11.0. The average Bonchev–Trinajstić information content (AvgIpc) is 2.36. The number of esters is 1. The molecule has 0 radical (unpaired) electrons. The van der Waals surface area contributed by atoms with E-state index in [0.29, 0.717) is 5.56 Å². The monoisotopic (exact) mass is 287 g/mol. The average molecular weight is 287 g/mol. The standard InChI is InChI=1S/C13H15NO4.K/c1-9(8-11(15)18-2)14-12(13(16)17)10-6-4-3-5-7-10;/h3-7,12,14H,1,8H2,2H3,(H,16,17);/q;+1/p-1. The second kappa shape index (κ2) is 9.27. The van der Waals surface area contributed by atoms with Crippen LogP contribution in [0.2, 0.25) is 0 Å². The van der Waals surface area contributed by atoms with E-state index >= 15 is 0 Å². The number of hydrogen-bond donors (Lipinski definition) is 1. The zero-order valence-corrected chi connectivity index (χ0v) is 14.1. The molecule has 5 nitrogen and oxygen atoms in total. The first kappa shape index (κ1) is 18.3. The first-order valence-electron chi connectivity index (χ1n) is 5.31. The molecular weight excluding hydrogens is 273 g/mol. The Labute approximate surface area is 154 Å². The molecule has 0 aliphatic rings. The SMILES string of the molecule is C=C(CC(=O)OC)NC(C(=O)[O-])c1ccccc1.[K+]. The summed E-state index contributed by atoms with van der Waals surface area (Å²) in [6, 6.07) is 7.48. The van der Waals surface area contributed by atoms with Crippen molar-refractivity contribution in [2.75, 3.05) is 7.11 Å². The molecule has 19 heavy (non-hydrogen) atoms. The maximum absolute atomic E-state index is 11.1. The summed E-state index contributed by atoms with van der Waals surface area (Å²) in [4.78, 5) is 22.1. The number of methoxy groups -OCH3 is 1. The van der Waals surface area contributed by atoms with E-state index in [2.05, 4.69) is 16.6 Å². The number of hydrogen-bond acceptors (Lipinski definition) is 5. The van der Waals surface area contributed by atoms with Crippen LogP contribution < -0.4 is 61.8 Å². The summed E-state index contributed by atoms with van der Waals surface area (Å²) < 4.78 is 4.47. The van der Waals surface area contributed by atoms with E-state index in [4.69, 9.17) is 0 Å². The van der Waals surface area contributed by atoms with Gasteiger partial charge < -0.3 is 20.0 Å². The topological polar surface area (TPSA) is 78.5 Å². The fourth-order valence-electron chi connectivity index (χ4n) is 1.43. The minimum atomic E-state index is -1.28. The van der Waals surface area contributed by atoms with Gasteiger partial charge in [-0.2, -0.15) is 0 Å². The van der Waals surface area contributed by atoms with Gasteiger partial charge in [0.05, 0.1) is 25.5 Å². The Bertz CT molecular complexity index is 447. The van der Waals surface area contributed by atoms with Gasteiger partial charge in [0.1, 0.15) is 0 Å². The van der Waals surface area contributed by atoms with Gasteiger partial charge in [0.2, 0.25) is 0 Å². The van der Waals surface area contributed by atoms with Crippen molar-refractivity contribution in [3.05, 3.63) is 48.2 Å². The van der Waals surface area contributed by atoms with Crippen LogP contribution in [0.5, 0.6) is 0 Å². The van der Waals surface area contributed by atoms with Crippen LogP contribution in [0.25, 0.3) is 0 Å². The Morgan fingerprint density at radius 1 is 1.37 bits per heavy atom. The van der Waals surface area contributed by atoms with Crippen LogP contribution in [0.4, 0.5) is 0 Å². The van der Waals surface area contributed by atoms with E-state index in [1.54, 1.807) is 30.3 Å². The van der Waals surface area contributed by atoms with Crippen LogP contribution in [0.1, 0.15) is 18.0 Å². The minimum Gasteiger partial charge on any atom is -0.548 e. The van der Waals surface area contributed by atoms with Gasteiger partial charge in [-0.1, -0.05) is 36.9 Å². The quantitative estimate of drug-likeness (QED) is 0.450. The zero-order chi connectivity index (χ0) is 13.5. The Kier molecular flexibility index (Phi) is 8.95. The van der Waals surface area contributed by atoms with Crippen molar-refractivity contribution in [3.63, 3.8) is 0 Å². The van der Waals surface area contributed by atoms with Crippen LogP contribution >= 0.6 is 0 Å². The number of carbonyl (C=O) groups excluding carboxylic acids is 2. The molecule has 1 rings (SSSR count). The summed E-state index contributed by atoms with van der Waals surface area (Å²) >= 11 is 0. The first-order valence-corrected chi connectivity index (χ1v) is 5.31. The van der Waals surface area contributed by atoms with Gasteiger partial charge in [-0.25, -0.2) is 0 Å². The summed E-state index contributed by atoms with van der Waals surface area (Å²) in [7, 11) is 1.25. The molecule has 0 aromatic heterocycles. The number of nitrogens with one attached hydrogen (secondary N) is 1. The molecule has 96 valence electrons. The normalized spacial score (nSPS) is 10.8. The molecule has 1 unspecified atom stereocenters. The predicted octanol–water partition coefficient (Wildman–Crippen LogP) is -2.85. The molecule has 0 bridgehead atoms. The maximum Gasteiger partial charge on any atom is 1.00 e. The number of carboxylic acid groups (broad SMARTS) is 1. The van der Waals surface area contributed by atoms with Gasteiger partial charge in [0, 0.05) is 5.70 Å². The van der Waals surface area contributed by atoms with Gasteiger partial charge >= 0.3 is 57.4 Å². The van der Waals surface area contributed by atoms with Gasteiger partial charge in [-0.15, -0.1) is 0 Å². The van der Waals surface area contributed by atoms with Crippen molar-refractivity contribution in [1.29, 1.82) is 0 Å². The third kappa shape index (κ3) is 6.35. The predicted molar refractivity (Wildman–Crippen MR) is 63.1 cm³/mol. The Balaban J connectivity index is 0.00000324. The number of aliphatic carboxylic acids is 1.